The van der Waals surface area contributed by atoms with Gasteiger partial charge in [-0.15, -0.1) is 0 Å². The normalized spacial score (nSPS) is 15.0. The number of carbonyl (C=O) groups excluding carboxylic acids is 1. The van der Waals surface area contributed by atoms with Crippen LogP contribution in [-0.2, 0) is 0 Å². The zero-order valence-corrected chi connectivity index (χ0v) is 17.1. The third-order valence-corrected chi connectivity index (χ3v) is 5.56. The number of non-ortho nitro benzene ring substituents is 1. The lowest BCUT2D eigenvalue weighted by Gasteiger charge is -2.26. The number of methoxy groups -OCH3 is 1. The van der Waals surface area contributed by atoms with Gasteiger partial charge in [0, 0.05) is 28.9 Å². The highest BCUT2D eigenvalue weighted by Gasteiger charge is 2.43. The molecule has 1 N–H and O–H groups in total. The summed E-state index contributed by atoms with van der Waals surface area (Å²) in [6.45, 7) is 0. The van der Waals surface area contributed by atoms with E-state index < -0.39 is 11.0 Å². The van der Waals surface area contributed by atoms with Gasteiger partial charge >= 0.3 is 0 Å². The van der Waals surface area contributed by atoms with Crippen molar-refractivity contribution >= 4 is 17.3 Å². The quantitative estimate of drug-likeness (QED) is 0.367. The number of amides is 1. The summed E-state index contributed by atoms with van der Waals surface area (Å²) in [7, 11) is 1.59. The number of para-hydroxylation sites is 1. The molecule has 158 valence electrons. The molecule has 0 spiro atoms. The molecule has 1 aromatic heterocycles. The van der Waals surface area contributed by atoms with Crippen molar-refractivity contribution in [2.45, 2.75) is 6.04 Å². The molecule has 1 aliphatic heterocycles. The lowest BCUT2D eigenvalue weighted by Crippen LogP contribution is -2.29. The van der Waals surface area contributed by atoms with Gasteiger partial charge in [0.1, 0.15) is 11.4 Å². The van der Waals surface area contributed by atoms with Crippen LogP contribution in [0.1, 0.15) is 27.7 Å². The molecule has 1 atom stereocenters. The zero-order chi connectivity index (χ0) is 22.2. The molecule has 1 amide bonds. The summed E-state index contributed by atoms with van der Waals surface area (Å²) in [5, 5.41) is 18.7. The molecule has 0 unspecified atom stereocenters. The number of ether oxygens (including phenoxy) is 1. The van der Waals surface area contributed by atoms with Crippen LogP contribution in [0.15, 0.2) is 78.9 Å². The summed E-state index contributed by atoms with van der Waals surface area (Å²) in [6.07, 6.45) is 0. The summed E-state index contributed by atoms with van der Waals surface area (Å²) in [5.74, 6) is 0.466. The SMILES string of the molecule is COc1ccc(-c2n[nH]c3c2[C@H](c2cccc([N+](=O)[O-])c2)N(c2ccccc2)C3=O)cc1. The number of nitro benzene ring substituents is 1. The monoisotopic (exact) mass is 426 g/mol. The van der Waals surface area contributed by atoms with Gasteiger partial charge in [0.25, 0.3) is 11.6 Å². The van der Waals surface area contributed by atoms with Crippen LogP contribution < -0.4 is 9.64 Å². The Kier molecular flexibility index (Phi) is 4.67. The highest BCUT2D eigenvalue weighted by molar-refractivity contribution is 6.11. The Balaban J connectivity index is 1.71. The second kappa shape index (κ2) is 7.66. The van der Waals surface area contributed by atoms with Crippen LogP contribution in [0, 0.1) is 10.1 Å². The van der Waals surface area contributed by atoms with Crippen LogP contribution >= 0.6 is 0 Å². The molecule has 2 heterocycles. The van der Waals surface area contributed by atoms with Crippen LogP contribution in [0.2, 0.25) is 0 Å². The smallest absolute Gasteiger partial charge is 0.277 e. The van der Waals surface area contributed by atoms with Crippen molar-refractivity contribution in [1.82, 2.24) is 10.2 Å². The van der Waals surface area contributed by atoms with E-state index in [0.717, 1.165) is 5.56 Å². The fourth-order valence-electron chi connectivity index (χ4n) is 4.09. The summed E-state index contributed by atoms with van der Waals surface area (Å²) >= 11 is 0. The average Bonchev–Trinajstić information content (AvgIpc) is 3.38. The van der Waals surface area contributed by atoms with Gasteiger partial charge < -0.3 is 4.74 Å². The molecular weight excluding hydrogens is 408 g/mol. The second-order valence-corrected chi connectivity index (χ2v) is 7.35. The number of benzene rings is 3. The minimum Gasteiger partial charge on any atom is -0.497 e. The zero-order valence-electron chi connectivity index (χ0n) is 17.1. The minimum absolute atomic E-state index is 0.0362. The van der Waals surface area contributed by atoms with E-state index in [1.54, 1.807) is 24.1 Å². The van der Waals surface area contributed by atoms with Crippen LogP contribution in [0.4, 0.5) is 11.4 Å². The highest BCUT2D eigenvalue weighted by atomic mass is 16.6. The van der Waals surface area contributed by atoms with Crippen molar-refractivity contribution in [2.75, 3.05) is 12.0 Å². The maximum Gasteiger partial charge on any atom is 0.277 e. The molecule has 1 aliphatic rings. The molecule has 8 nitrogen and oxygen atoms in total. The second-order valence-electron chi connectivity index (χ2n) is 7.35. The van der Waals surface area contributed by atoms with Crippen LogP contribution in [0.5, 0.6) is 5.75 Å². The number of aromatic nitrogens is 2. The molecule has 5 rings (SSSR count). The molecule has 0 bridgehead atoms. The Hall–Kier alpha value is -4.46. The predicted molar refractivity (Wildman–Crippen MR) is 119 cm³/mol. The number of nitrogens with one attached hydrogen (secondary N) is 1. The number of fused-ring (bicyclic) bond motifs is 1. The number of H-pyrrole nitrogens is 1. The van der Waals surface area contributed by atoms with E-state index in [-0.39, 0.29) is 11.6 Å². The average molecular weight is 426 g/mol. The highest BCUT2D eigenvalue weighted by Crippen LogP contribution is 2.45. The predicted octanol–water partition coefficient (Wildman–Crippen LogP) is 4.74. The molecule has 0 fully saturated rings. The molecule has 0 aliphatic carbocycles. The fourth-order valence-corrected chi connectivity index (χ4v) is 4.09. The Bertz CT molecular complexity index is 1320. The van der Waals surface area contributed by atoms with Gasteiger partial charge in [0.05, 0.1) is 23.8 Å². The van der Waals surface area contributed by atoms with Crippen LogP contribution in [0.3, 0.4) is 0 Å². The molecule has 0 saturated carbocycles. The largest absolute Gasteiger partial charge is 0.497 e. The number of nitrogens with zero attached hydrogens (tertiary/aromatic N) is 3. The van der Waals surface area contributed by atoms with Gasteiger partial charge in [-0.2, -0.15) is 5.10 Å². The van der Waals surface area contributed by atoms with Crippen molar-refractivity contribution in [3.63, 3.8) is 0 Å². The summed E-state index contributed by atoms with van der Waals surface area (Å²) in [6, 6.07) is 22.4. The number of aromatic amines is 1. The van der Waals surface area contributed by atoms with E-state index in [9.17, 15) is 14.9 Å². The lowest BCUT2D eigenvalue weighted by molar-refractivity contribution is -0.384. The number of rotatable bonds is 5. The van der Waals surface area contributed by atoms with Gasteiger partial charge in [-0.05, 0) is 42.0 Å². The van der Waals surface area contributed by atoms with Crippen molar-refractivity contribution in [2.24, 2.45) is 0 Å². The number of carbonyl (C=O) groups is 1. The summed E-state index contributed by atoms with van der Waals surface area (Å²) < 4.78 is 5.24. The van der Waals surface area contributed by atoms with E-state index in [1.807, 2.05) is 54.6 Å². The van der Waals surface area contributed by atoms with Crippen molar-refractivity contribution in [3.05, 3.63) is 106 Å². The van der Waals surface area contributed by atoms with Gasteiger partial charge in [-0.1, -0.05) is 30.3 Å². The topological polar surface area (TPSA) is 101 Å². The molecule has 0 saturated heterocycles. The minimum atomic E-state index is -0.573. The Morgan fingerprint density at radius 1 is 1.03 bits per heavy atom. The fraction of sp³-hybridized carbons (Fsp3) is 0.0833. The maximum atomic E-state index is 13.4. The third kappa shape index (κ3) is 3.09. The van der Waals surface area contributed by atoms with Crippen molar-refractivity contribution < 1.29 is 14.5 Å². The Labute approximate surface area is 183 Å². The molecular formula is C24H18N4O4. The van der Waals surface area contributed by atoms with Crippen molar-refractivity contribution in [1.29, 1.82) is 0 Å². The molecule has 0 radical (unpaired) electrons. The third-order valence-electron chi connectivity index (χ3n) is 5.56. The molecule has 3 aromatic carbocycles. The van der Waals surface area contributed by atoms with E-state index >= 15 is 0 Å². The van der Waals surface area contributed by atoms with Gasteiger partial charge in [-0.25, -0.2) is 0 Å². The molecule has 8 heteroatoms. The van der Waals surface area contributed by atoms with Crippen LogP contribution in [-0.4, -0.2) is 28.1 Å². The number of nitro groups is 1. The van der Waals surface area contributed by atoms with Gasteiger partial charge in [0.2, 0.25) is 0 Å². The number of anilines is 1. The first-order valence-corrected chi connectivity index (χ1v) is 9.94. The first-order chi connectivity index (χ1) is 15.6. The lowest BCUT2D eigenvalue weighted by atomic mass is 9.95. The Morgan fingerprint density at radius 2 is 1.78 bits per heavy atom. The van der Waals surface area contributed by atoms with E-state index in [1.165, 1.54) is 12.1 Å². The van der Waals surface area contributed by atoms with Crippen LogP contribution in [0.25, 0.3) is 11.3 Å². The number of hydrogen-bond donors (Lipinski definition) is 1. The summed E-state index contributed by atoms with van der Waals surface area (Å²) in [4.78, 5) is 26.1. The van der Waals surface area contributed by atoms with E-state index in [2.05, 4.69) is 10.2 Å². The molecule has 32 heavy (non-hydrogen) atoms. The standard InChI is InChI=1S/C24H18N4O4/c1-32-19-12-10-15(11-13-19)21-20-22(26-25-21)24(29)27(17-7-3-2-4-8-17)23(20)16-6-5-9-18(14-16)28(30)31/h2-14,23H,1H3,(H,25,26)/t23-/m0/s1. The van der Waals surface area contributed by atoms with Crippen molar-refractivity contribution in [3.8, 4) is 17.0 Å². The summed E-state index contributed by atoms with van der Waals surface area (Å²) in [5.41, 5.74) is 3.77. The maximum absolute atomic E-state index is 13.4. The first kappa shape index (κ1) is 19.5. The first-order valence-electron chi connectivity index (χ1n) is 9.94. The van der Waals surface area contributed by atoms with Gasteiger partial charge in [-0.3, -0.25) is 24.9 Å². The Morgan fingerprint density at radius 3 is 2.47 bits per heavy atom. The molecule has 4 aromatic rings. The number of hydrogen-bond acceptors (Lipinski definition) is 5. The van der Waals surface area contributed by atoms with Gasteiger partial charge in [0.15, 0.2) is 0 Å². The van der Waals surface area contributed by atoms with E-state index in [4.69, 9.17) is 4.74 Å². The van der Waals surface area contributed by atoms with E-state index in [0.29, 0.717) is 34.0 Å².